The normalized spacial score (nSPS) is 16.4. The number of aryl methyl sites for hydroxylation is 2. The Bertz CT molecular complexity index is 470. The quantitative estimate of drug-likeness (QED) is 0.885. The fourth-order valence-electron chi connectivity index (χ4n) is 2.72. The number of hydrogen-bond acceptors (Lipinski definition) is 3. The van der Waals surface area contributed by atoms with Crippen molar-refractivity contribution in [2.45, 2.75) is 46.2 Å². The molecule has 1 heterocycles. The molecule has 1 atom stereocenters. The number of aromatic hydroxyl groups is 1. The monoisotopic (exact) mass is 276 g/mol. The lowest BCUT2D eigenvalue weighted by Gasteiger charge is -2.21. The zero-order valence-corrected chi connectivity index (χ0v) is 12.6. The zero-order valence-electron chi connectivity index (χ0n) is 12.6. The van der Waals surface area contributed by atoms with Gasteiger partial charge in [0.25, 0.3) is 0 Å². The lowest BCUT2D eigenvalue weighted by Crippen LogP contribution is -2.43. The van der Waals surface area contributed by atoms with Crippen LogP contribution >= 0.6 is 0 Å². The molecule has 1 amide bonds. The average Bonchev–Trinajstić information content (AvgIpc) is 2.95. The van der Waals surface area contributed by atoms with E-state index in [1.54, 1.807) is 0 Å². The maximum absolute atomic E-state index is 12.2. The first-order valence-electron chi connectivity index (χ1n) is 7.30. The predicted octanol–water partition coefficient (Wildman–Crippen LogP) is 2.11. The Hall–Kier alpha value is -1.55. The van der Waals surface area contributed by atoms with Crippen molar-refractivity contribution in [1.29, 1.82) is 0 Å². The fourth-order valence-corrected chi connectivity index (χ4v) is 2.72. The van der Waals surface area contributed by atoms with Gasteiger partial charge in [-0.1, -0.05) is 12.1 Å². The van der Waals surface area contributed by atoms with Crippen LogP contribution in [-0.4, -0.2) is 35.0 Å². The van der Waals surface area contributed by atoms with Gasteiger partial charge in [0.1, 0.15) is 5.75 Å². The Kier molecular flexibility index (Phi) is 4.65. The van der Waals surface area contributed by atoms with Gasteiger partial charge in [-0.25, -0.2) is 0 Å². The van der Waals surface area contributed by atoms with Crippen LogP contribution in [0.2, 0.25) is 0 Å². The number of phenolic OH excluding ortho intramolecular Hbond substituents is 1. The predicted molar refractivity (Wildman–Crippen MR) is 79.7 cm³/mol. The van der Waals surface area contributed by atoms with E-state index in [4.69, 9.17) is 0 Å². The minimum absolute atomic E-state index is 0.164. The van der Waals surface area contributed by atoms with Crippen LogP contribution in [0.25, 0.3) is 0 Å². The van der Waals surface area contributed by atoms with Crippen molar-refractivity contribution in [3.05, 3.63) is 28.8 Å². The molecular formula is C16H24N2O2. The molecule has 0 aromatic heterocycles. The molecule has 4 heteroatoms. The number of hydrogen-bond donors (Lipinski definition) is 2. The molecule has 1 aliphatic heterocycles. The SMILES string of the molecule is Cc1cc(CNC(C)C(=O)N2CCCC2)cc(C)c1O. The first kappa shape index (κ1) is 14.9. The molecule has 1 aromatic rings. The summed E-state index contributed by atoms with van der Waals surface area (Å²) in [4.78, 5) is 14.1. The van der Waals surface area contributed by atoms with E-state index in [0.717, 1.165) is 42.6 Å². The number of rotatable bonds is 4. The lowest BCUT2D eigenvalue weighted by atomic mass is 10.1. The first-order valence-corrected chi connectivity index (χ1v) is 7.30. The molecule has 4 nitrogen and oxygen atoms in total. The Morgan fingerprint density at radius 2 is 1.85 bits per heavy atom. The minimum Gasteiger partial charge on any atom is -0.507 e. The zero-order chi connectivity index (χ0) is 14.7. The summed E-state index contributed by atoms with van der Waals surface area (Å²) in [5.74, 6) is 0.546. The Morgan fingerprint density at radius 3 is 2.40 bits per heavy atom. The summed E-state index contributed by atoms with van der Waals surface area (Å²) in [6, 6.07) is 3.76. The van der Waals surface area contributed by atoms with E-state index in [1.165, 1.54) is 0 Å². The van der Waals surface area contributed by atoms with Gasteiger partial charge in [-0.2, -0.15) is 0 Å². The van der Waals surface area contributed by atoms with Crippen molar-refractivity contribution in [3.63, 3.8) is 0 Å². The standard InChI is InChI=1S/C16H24N2O2/c1-11-8-14(9-12(2)15(11)19)10-17-13(3)16(20)18-6-4-5-7-18/h8-9,13,17,19H,4-7,10H2,1-3H3. The summed E-state index contributed by atoms with van der Waals surface area (Å²) in [7, 11) is 0. The number of phenols is 1. The van der Waals surface area contributed by atoms with Crippen LogP contribution in [0.4, 0.5) is 0 Å². The van der Waals surface area contributed by atoms with Crippen molar-refractivity contribution < 1.29 is 9.90 Å². The van der Waals surface area contributed by atoms with Crippen LogP contribution in [0.15, 0.2) is 12.1 Å². The molecule has 2 N–H and O–H groups in total. The number of nitrogens with one attached hydrogen (secondary N) is 1. The summed E-state index contributed by atoms with van der Waals surface area (Å²) >= 11 is 0. The average molecular weight is 276 g/mol. The number of benzene rings is 1. The maximum Gasteiger partial charge on any atom is 0.239 e. The first-order chi connectivity index (χ1) is 9.49. The van der Waals surface area contributed by atoms with Crippen LogP contribution in [-0.2, 0) is 11.3 Å². The third-order valence-corrected chi connectivity index (χ3v) is 3.95. The van der Waals surface area contributed by atoms with Gasteiger partial charge in [-0.3, -0.25) is 4.79 Å². The van der Waals surface area contributed by atoms with E-state index in [0.29, 0.717) is 12.3 Å². The molecule has 0 radical (unpaired) electrons. The molecule has 1 aromatic carbocycles. The van der Waals surface area contributed by atoms with Crippen molar-refractivity contribution >= 4 is 5.91 Å². The summed E-state index contributed by atoms with van der Waals surface area (Å²) in [6.45, 7) is 8.13. The number of nitrogens with zero attached hydrogens (tertiary/aromatic N) is 1. The molecule has 1 aliphatic rings. The van der Waals surface area contributed by atoms with Crippen molar-refractivity contribution in [3.8, 4) is 5.75 Å². The van der Waals surface area contributed by atoms with Gasteiger partial charge in [0.05, 0.1) is 6.04 Å². The second-order valence-electron chi connectivity index (χ2n) is 5.71. The summed E-state index contributed by atoms with van der Waals surface area (Å²) < 4.78 is 0. The molecule has 0 bridgehead atoms. The third kappa shape index (κ3) is 3.31. The molecule has 2 rings (SSSR count). The molecule has 0 spiro atoms. The molecule has 1 unspecified atom stereocenters. The van der Waals surface area contributed by atoms with E-state index in [2.05, 4.69) is 5.32 Å². The molecule has 1 saturated heterocycles. The lowest BCUT2D eigenvalue weighted by molar-refractivity contribution is -0.131. The molecule has 20 heavy (non-hydrogen) atoms. The number of carbonyl (C=O) groups is 1. The van der Waals surface area contributed by atoms with Crippen LogP contribution in [0.3, 0.4) is 0 Å². The highest BCUT2D eigenvalue weighted by Crippen LogP contribution is 2.22. The van der Waals surface area contributed by atoms with Crippen molar-refractivity contribution in [2.24, 2.45) is 0 Å². The molecule has 0 saturated carbocycles. The van der Waals surface area contributed by atoms with Gasteiger partial charge in [0, 0.05) is 19.6 Å². The van der Waals surface area contributed by atoms with E-state index in [1.807, 2.05) is 37.8 Å². The van der Waals surface area contributed by atoms with Crippen LogP contribution < -0.4 is 5.32 Å². The molecule has 110 valence electrons. The molecule has 0 aliphatic carbocycles. The summed E-state index contributed by atoms with van der Waals surface area (Å²) in [6.07, 6.45) is 2.24. The van der Waals surface area contributed by atoms with E-state index >= 15 is 0 Å². The fraction of sp³-hybridized carbons (Fsp3) is 0.562. The van der Waals surface area contributed by atoms with Gasteiger partial charge >= 0.3 is 0 Å². The Balaban J connectivity index is 1.92. The van der Waals surface area contributed by atoms with Gasteiger partial charge in [0.2, 0.25) is 5.91 Å². The van der Waals surface area contributed by atoms with Crippen LogP contribution in [0, 0.1) is 13.8 Å². The second-order valence-corrected chi connectivity index (χ2v) is 5.71. The summed E-state index contributed by atoms with van der Waals surface area (Å²) in [5, 5.41) is 13.0. The number of carbonyl (C=O) groups excluding carboxylic acids is 1. The highest BCUT2D eigenvalue weighted by molar-refractivity contribution is 5.81. The smallest absolute Gasteiger partial charge is 0.239 e. The number of likely N-dealkylation sites (tertiary alicyclic amines) is 1. The Labute approximate surface area is 120 Å². The van der Waals surface area contributed by atoms with Gasteiger partial charge in [0.15, 0.2) is 0 Å². The summed E-state index contributed by atoms with van der Waals surface area (Å²) in [5.41, 5.74) is 2.85. The third-order valence-electron chi connectivity index (χ3n) is 3.95. The van der Waals surface area contributed by atoms with Crippen molar-refractivity contribution in [1.82, 2.24) is 10.2 Å². The van der Waals surface area contributed by atoms with Crippen LogP contribution in [0.5, 0.6) is 5.75 Å². The highest BCUT2D eigenvalue weighted by atomic mass is 16.3. The minimum atomic E-state index is -0.164. The second kappa shape index (κ2) is 6.27. The molecular weight excluding hydrogens is 252 g/mol. The number of amides is 1. The Morgan fingerprint density at radius 1 is 1.30 bits per heavy atom. The maximum atomic E-state index is 12.2. The van der Waals surface area contributed by atoms with E-state index in [9.17, 15) is 9.90 Å². The van der Waals surface area contributed by atoms with Crippen molar-refractivity contribution in [2.75, 3.05) is 13.1 Å². The van der Waals surface area contributed by atoms with E-state index in [-0.39, 0.29) is 11.9 Å². The largest absolute Gasteiger partial charge is 0.507 e. The van der Waals surface area contributed by atoms with Gasteiger partial charge in [-0.15, -0.1) is 0 Å². The van der Waals surface area contributed by atoms with Gasteiger partial charge in [-0.05, 0) is 50.3 Å². The topological polar surface area (TPSA) is 52.6 Å². The van der Waals surface area contributed by atoms with Crippen LogP contribution in [0.1, 0.15) is 36.5 Å². The van der Waals surface area contributed by atoms with E-state index < -0.39 is 0 Å². The van der Waals surface area contributed by atoms with Gasteiger partial charge < -0.3 is 15.3 Å². The molecule has 1 fully saturated rings. The highest BCUT2D eigenvalue weighted by Gasteiger charge is 2.22.